The van der Waals surface area contributed by atoms with Gasteiger partial charge >= 0.3 is 6.09 Å². The summed E-state index contributed by atoms with van der Waals surface area (Å²) in [6.45, 7) is 10.1. The van der Waals surface area contributed by atoms with Crippen LogP contribution in [0.5, 0.6) is 0 Å². The number of nitrogens with one attached hydrogen (secondary N) is 2. The van der Waals surface area contributed by atoms with Crippen LogP contribution in [0, 0.1) is 6.92 Å². The Morgan fingerprint density at radius 2 is 2.00 bits per heavy atom. The molecule has 0 radical (unpaired) electrons. The van der Waals surface area contributed by atoms with Crippen molar-refractivity contribution < 1.29 is 9.53 Å². The van der Waals surface area contributed by atoms with Crippen LogP contribution in [0.3, 0.4) is 0 Å². The Bertz CT molecular complexity index is 620. The first-order valence-electron chi connectivity index (χ1n) is 9.27. The fourth-order valence-corrected chi connectivity index (χ4v) is 2.95. The maximum absolute atomic E-state index is 11.9. The second-order valence-electron chi connectivity index (χ2n) is 7.79. The van der Waals surface area contributed by atoms with Crippen LogP contribution in [-0.2, 0) is 11.2 Å². The zero-order valence-corrected chi connectivity index (χ0v) is 16.6. The second-order valence-corrected chi connectivity index (χ2v) is 7.79. The van der Waals surface area contributed by atoms with Gasteiger partial charge in [-0.05, 0) is 46.1 Å². The molecule has 0 spiro atoms. The van der Waals surface area contributed by atoms with E-state index in [4.69, 9.17) is 4.74 Å². The maximum Gasteiger partial charge on any atom is 0.407 e. The normalized spacial score (nSPS) is 18.0. The lowest BCUT2D eigenvalue weighted by atomic mass is 10.1. The smallest absolute Gasteiger partial charge is 0.407 e. The molecule has 1 heterocycles. The quantitative estimate of drug-likeness (QED) is 0.640. The molecule has 1 aliphatic rings. The molecule has 1 aromatic carbocycles. The summed E-state index contributed by atoms with van der Waals surface area (Å²) in [5, 5.41) is 6.36. The topological polar surface area (TPSA) is 66.0 Å². The van der Waals surface area contributed by atoms with E-state index in [1.807, 2.05) is 20.8 Å². The summed E-state index contributed by atoms with van der Waals surface area (Å²) >= 11 is 0. The number of hydrogen-bond acceptors (Lipinski definition) is 3. The fourth-order valence-electron chi connectivity index (χ4n) is 2.95. The van der Waals surface area contributed by atoms with Gasteiger partial charge in [0.25, 0.3) is 0 Å². The van der Waals surface area contributed by atoms with Crippen molar-refractivity contribution in [2.75, 3.05) is 26.7 Å². The highest BCUT2D eigenvalue weighted by atomic mass is 16.6. The Hall–Kier alpha value is -2.24. The van der Waals surface area contributed by atoms with Crippen LogP contribution in [0.2, 0.25) is 0 Å². The van der Waals surface area contributed by atoms with Crippen LogP contribution in [0.15, 0.2) is 29.3 Å². The van der Waals surface area contributed by atoms with Crippen LogP contribution in [-0.4, -0.2) is 55.3 Å². The summed E-state index contributed by atoms with van der Waals surface area (Å²) in [4.78, 5) is 18.5. The molecule has 1 unspecified atom stereocenters. The molecule has 0 bridgehead atoms. The number of hydrogen-bond donors (Lipinski definition) is 2. The van der Waals surface area contributed by atoms with E-state index in [9.17, 15) is 4.79 Å². The van der Waals surface area contributed by atoms with E-state index in [2.05, 4.69) is 51.7 Å². The van der Waals surface area contributed by atoms with Gasteiger partial charge in [-0.2, -0.15) is 0 Å². The molecule has 1 atom stereocenters. The molecule has 6 nitrogen and oxygen atoms in total. The van der Waals surface area contributed by atoms with Crippen molar-refractivity contribution in [3.05, 3.63) is 35.4 Å². The van der Waals surface area contributed by atoms with Gasteiger partial charge in [-0.1, -0.05) is 29.8 Å². The van der Waals surface area contributed by atoms with E-state index < -0.39 is 5.60 Å². The van der Waals surface area contributed by atoms with Gasteiger partial charge in [-0.15, -0.1) is 0 Å². The molecule has 1 amide bonds. The molecule has 0 saturated carbocycles. The summed E-state index contributed by atoms with van der Waals surface area (Å²) in [5.74, 6) is 0.880. The number of amides is 1. The molecule has 0 aliphatic carbocycles. The summed E-state index contributed by atoms with van der Waals surface area (Å²) in [6, 6.07) is 8.68. The van der Waals surface area contributed by atoms with Crippen LogP contribution >= 0.6 is 0 Å². The number of guanidine groups is 1. The predicted octanol–water partition coefficient (Wildman–Crippen LogP) is 2.71. The molecule has 1 aliphatic heterocycles. The number of rotatable bonds is 4. The van der Waals surface area contributed by atoms with Crippen molar-refractivity contribution in [2.24, 2.45) is 4.99 Å². The zero-order chi connectivity index (χ0) is 19.2. The zero-order valence-electron chi connectivity index (χ0n) is 16.6. The first-order valence-corrected chi connectivity index (χ1v) is 9.27. The van der Waals surface area contributed by atoms with Crippen molar-refractivity contribution >= 4 is 12.1 Å². The van der Waals surface area contributed by atoms with Gasteiger partial charge in [-0.25, -0.2) is 4.79 Å². The Labute approximate surface area is 157 Å². The van der Waals surface area contributed by atoms with Crippen molar-refractivity contribution in [2.45, 2.75) is 52.2 Å². The lowest BCUT2D eigenvalue weighted by molar-refractivity contribution is 0.0507. The predicted molar refractivity (Wildman–Crippen MR) is 106 cm³/mol. The lowest BCUT2D eigenvalue weighted by Gasteiger charge is -2.23. The number of nitrogens with zero attached hydrogens (tertiary/aromatic N) is 2. The molecule has 26 heavy (non-hydrogen) atoms. The number of alkyl carbamates (subject to hydrolysis) is 1. The van der Waals surface area contributed by atoms with Gasteiger partial charge < -0.3 is 20.3 Å². The minimum Gasteiger partial charge on any atom is -0.444 e. The number of likely N-dealkylation sites (tertiary alicyclic amines) is 1. The van der Waals surface area contributed by atoms with Crippen LogP contribution < -0.4 is 10.6 Å². The van der Waals surface area contributed by atoms with Gasteiger partial charge in [0.2, 0.25) is 0 Å². The monoisotopic (exact) mass is 360 g/mol. The summed E-state index contributed by atoms with van der Waals surface area (Å²) in [7, 11) is 1.79. The lowest BCUT2D eigenvalue weighted by Crippen LogP contribution is -2.44. The molecular formula is C20H32N4O2. The van der Waals surface area contributed by atoms with E-state index in [-0.39, 0.29) is 12.1 Å². The Morgan fingerprint density at radius 1 is 1.31 bits per heavy atom. The second kappa shape index (κ2) is 8.92. The van der Waals surface area contributed by atoms with E-state index in [1.54, 1.807) is 7.05 Å². The van der Waals surface area contributed by atoms with Gasteiger partial charge in [0.1, 0.15) is 5.60 Å². The highest BCUT2D eigenvalue weighted by Gasteiger charge is 2.27. The average Bonchev–Trinajstić information content (AvgIpc) is 2.99. The minimum absolute atomic E-state index is 0.0838. The van der Waals surface area contributed by atoms with E-state index in [1.165, 1.54) is 11.1 Å². The van der Waals surface area contributed by atoms with Crippen LogP contribution in [0.4, 0.5) is 4.79 Å². The number of benzene rings is 1. The molecular weight excluding hydrogens is 328 g/mol. The molecule has 1 aromatic rings. The van der Waals surface area contributed by atoms with E-state index in [0.717, 1.165) is 38.4 Å². The first kappa shape index (κ1) is 20.1. The first-order chi connectivity index (χ1) is 12.3. The van der Waals surface area contributed by atoms with E-state index in [0.29, 0.717) is 0 Å². The summed E-state index contributed by atoms with van der Waals surface area (Å²) in [6.07, 6.45) is 1.48. The van der Waals surface area contributed by atoms with Crippen LogP contribution in [0.25, 0.3) is 0 Å². The van der Waals surface area contributed by atoms with Crippen molar-refractivity contribution in [3.63, 3.8) is 0 Å². The highest BCUT2D eigenvalue weighted by Crippen LogP contribution is 2.12. The third-order valence-corrected chi connectivity index (χ3v) is 4.24. The number of aryl methyl sites for hydroxylation is 1. The van der Waals surface area contributed by atoms with Gasteiger partial charge in [-0.3, -0.25) is 4.99 Å². The molecule has 2 N–H and O–H groups in total. The fraction of sp³-hybridized carbons (Fsp3) is 0.600. The third kappa shape index (κ3) is 6.58. The maximum atomic E-state index is 11.9. The molecule has 6 heteroatoms. The highest BCUT2D eigenvalue weighted by molar-refractivity contribution is 5.80. The number of aliphatic imine (C=N–C) groups is 1. The molecule has 1 saturated heterocycles. The third-order valence-electron chi connectivity index (χ3n) is 4.24. The van der Waals surface area contributed by atoms with Gasteiger partial charge in [0.05, 0.1) is 6.04 Å². The SMILES string of the molecule is CN=C(NCCc1ccc(C)cc1)N1CCC(NC(=O)OC(C)(C)C)C1. The van der Waals surface area contributed by atoms with E-state index >= 15 is 0 Å². The van der Waals surface area contributed by atoms with Crippen molar-refractivity contribution in [1.29, 1.82) is 0 Å². The molecule has 1 fully saturated rings. The number of ether oxygens (including phenoxy) is 1. The van der Waals surface area contributed by atoms with Crippen LogP contribution in [0.1, 0.15) is 38.3 Å². The molecule has 0 aromatic heterocycles. The Kier molecular flexibility index (Phi) is 6.89. The van der Waals surface area contributed by atoms with Crippen molar-refractivity contribution in [1.82, 2.24) is 15.5 Å². The molecule has 144 valence electrons. The number of carbonyl (C=O) groups is 1. The standard InChI is InChI=1S/C20H32N4O2/c1-15-6-8-16(9-7-15)10-12-22-18(21-5)24-13-11-17(14-24)23-19(25)26-20(2,3)4/h6-9,17H,10-14H2,1-5H3,(H,21,22)(H,23,25). The van der Waals surface area contributed by atoms with Gasteiger partial charge in [0.15, 0.2) is 5.96 Å². The minimum atomic E-state index is -0.476. The Balaban J connectivity index is 1.76. The number of carbonyl (C=O) groups excluding carboxylic acids is 1. The Morgan fingerprint density at radius 3 is 2.62 bits per heavy atom. The summed E-state index contributed by atoms with van der Waals surface area (Å²) in [5.41, 5.74) is 2.11. The van der Waals surface area contributed by atoms with Crippen molar-refractivity contribution in [3.8, 4) is 0 Å². The largest absolute Gasteiger partial charge is 0.444 e. The summed E-state index contributed by atoms with van der Waals surface area (Å²) < 4.78 is 5.33. The van der Waals surface area contributed by atoms with Gasteiger partial charge in [0, 0.05) is 26.7 Å². The average molecular weight is 361 g/mol. The molecule has 2 rings (SSSR count).